The number of fused-ring (bicyclic) bond motifs is 1. The molecule has 0 atom stereocenters. The molecule has 0 aliphatic heterocycles. The largest absolute Gasteiger partial charge is 0.477 e. The number of para-hydroxylation sites is 1. The molecule has 0 spiro atoms. The second-order valence-corrected chi connectivity index (χ2v) is 8.53. The Labute approximate surface area is 205 Å². The van der Waals surface area contributed by atoms with Gasteiger partial charge in [-0.1, -0.05) is 53.8 Å². The Hall–Kier alpha value is -4.21. The third kappa shape index (κ3) is 5.16. The molecule has 8 nitrogen and oxygen atoms in total. The first-order valence-electron chi connectivity index (χ1n) is 11.0. The molecule has 0 saturated heterocycles. The number of aliphatic hydroxyl groups excluding tert-OH is 1. The summed E-state index contributed by atoms with van der Waals surface area (Å²) in [5.74, 6) is 0.244. The fourth-order valence-electron chi connectivity index (χ4n) is 3.42. The predicted octanol–water partition coefficient (Wildman–Crippen LogP) is 4.83. The quantitative estimate of drug-likeness (QED) is 0.304. The average Bonchev–Trinajstić information content (AvgIpc) is 3.34. The summed E-state index contributed by atoms with van der Waals surface area (Å²) in [5, 5.41) is 12.8. The number of rotatable bonds is 8. The maximum Gasteiger partial charge on any atom is 0.274 e. The van der Waals surface area contributed by atoms with Crippen LogP contribution < -0.4 is 10.1 Å². The lowest BCUT2D eigenvalue weighted by atomic mass is 10.1. The van der Waals surface area contributed by atoms with Crippen molar-refractivity contribution in [3.8, 4) is 27.8 Å². The molecule has 35 heavy (non-hydrogen) atoms. The number of aliphatic hydroxyl groups is 1. The van der Waals surface area contributed by atoms with E-state index in [1.165, 1.54) is 17.4 Å². The third-order valence-corrected chi connectivity index (χ3v) is 6.10. The van der Waals surface area contributed by atoms with E-state index in [9.17, 15) is 4.79 Å². The van der Waals surface area contributed by atoms with Gasteiger partial charge in [-0.25, -0.2) is 15.0 Å². The molecule has 0 saturated carbocycles. The van der Waals surface area contributed by atoms with Crippen molar-refractivity contribution in [3.05, 3.63) is 84.7 Å². The van der Waals surface area contributed by atoms with Gasteiger partial charge in [-0.15, -0.1) is 0 Å². The van der Waals surface area contributed by atoms with Crippen molar-refractivity contribution in [2.75, 3.05) is 18.5 Å². The van der Waals surface area contributed by atoms with E-state index in [4.69, 9.17) is 9.84 Å². The van der Waals surface area contributed by atoms with E-state index in [0.717, 1.165) is 26.5 Å². The summed E-state index contributed by atoms with van der Waals surface area (Å²) in [6, 6.07) is 22.1. The molecular weight excluding hydrogens is 462 g/mol. The van der Waals surface area contributed by atoms with E-state index in [1.54, 1.807) is 6.20 Å². The first-order valence-corrected chi connectivity index (χ1v) is 11.8. The van der Waals surface area contributed by atoms with Crippen LogP contribution in [0.2, 0.25) is 0 Å². The zero-order chi connectivity index (χ0) is 24.0. The molecule has 5 rings (SSSR count). The zero-order valence-corrected chi connectivity index (χ0v) is 19.4. The molecular formula is C26H21N5O3S. The lowest BCUT2D eigenvalue weighted by Gasteiger charge is -2.11. The molecule has 3 aromatic heterocycles. The lowest BCUT2D eigenvalue weighted by molar-refractivity contribution is 0.102. The van der Waals surface area contributed by atoms with Crippen molar-refractivity contribution in [1.82, 2.24) is 19.9 Å². The highest BCUT2D eigenvalue weighted by Gasteiger charge is 2.17. The average molecular weight is 484 g/mol. The van der Waals surface area contributed by atoms with E-state index in [1.807, 2.05) is 66.7 Å². The third-order valence-electron chi connectivity index (χ3n) is 5.09. The van der Waals surface area contributed by atoms with Crippen molar-refractivity contribution in [3.63, 3.8) is 0 Å². The molecule has 2 aromatic carbocycles. The molecule has 0 unspecified atom stereocenters. The van der Waals surface area contributed by atoms with Gasteiger partial charge in [0, 0.05) is 36.4 Å². The van der Waals surface area contributed by atoms with Crippen LogP contribution >= 0.6 is 11.3 Å². The van der Waals surface area contributed by atoms with Crippen molar-refractivity contribution in [1.29, 1.82) is 0 Å². The number of benzene rings is 2. The van der Waals surface area contributed by atoms with E-state index in [0.29, 0.717) is 17.9 Å². The second-order valence-electron chi connectivity index (χ2n) is 7.55. The number of carbonyl (C=O) groups excluding carboxylic acids is 1. The van der Waals surface area contributed by atoms with Gasteiger partial charge in [0.25, 0.3) is 5.91 Å². The molecule has 5 aromatic rings. The van der Waals surface area contributed by atoms with E-state index in [-0.39, 0.29) is 24.8 Å². The molecule has 0 aliphatic carbocycles. The molecule has 0 fully saturated rings. The Kier molecular flexibility index (Phi) is 6.69. The van der Waals surface area contributed by atoms with Gasteiger partial charge in [0.15, 0.2) is 5.82 Å². The molecule has 2 N–H and O–H groups in total. The fourth-order valence-corrected chi connectivity index (χ4v) is 4.37. The smallest absolute Gasteiger partial charge is 0.274 e. The van der Waals surface area contributed by atoms with Gasteiger partial charge >= 0.3 is 0 Å². The summed E-state index contributed by atoms with van der Waals surface area (Å²) >= 11 is 1.46. The topological polar surface area (TPSA) is 110 Å². The maximum atomic E-state index is 13.3. The number of aromatic nitrogens is 4. The standard InChI is InChI=1S/C26H21N5O3S/c32-14-7-15-34-22-16-21(28-23(31-22)17-8-2-1-3-9-17)24(33)29-19-11-5-4-10-18(19)25-30-20-12-6-13-27-26(20)35-25/h1-6,8-13,16,32H,7,14-15H2,(H,29,33). The first kappa shape index (κ1) is 22.6. The minimum Gasteiger partial charge on any atom is -0.477 e. The van der Waals surface area contributed by atoms with Crippen LogP contribution in [0.15, 0.2) is 79.0 Å². The van der Waals surface area contributed by atoms with Gasteiger partial charge in [0.05, 0.1) is 12.3 Å². The van der Waals surface area contributed by atoms with Crippen molar-refractivity contribution >= 4 is 33.3 Å². The van der Waals surface area contributed by atoms with Crippen LogP contribution in [0.1, 0.15) is 16.9 Å². The van der Waals surface area contributed by atoms with Crippen molar-refractivity contribution in [2.45, 2.75) is 6.42 Å². The SMILES string of the molecule is O=C(Nc1ccccc1-c1nc2cccnc2s1)c1cc(OCCCO)nc(-c2ccccc2)n1. The Balaban J connectivity index is 1.47. The Morgan fingerprint density at radius 2 is 1.80 bits per heavy atom. The summed E-state index contributed by atoms with van der Waals surface area (Å²) in [4.78, 5) is 32.1. The van der Waals surface area contributed by atoms with Gasteiger partial charge in [0.1, 0.15) is 21.0 Å². The van der Waals surface area contributed by atoms with Crippen LogP contribution in [0.25, 0.3) is 32.3 Å². The van der Waals surface area contributed by atoms with Crippen LogP contribution in [0, 0.1) is 0 Å². The molecule has 1 amide bonds. The first-order chi connectivity index (χ1) is 17.2. The highest BCUT2D eigenvalue weighted by atomic mass is 32.1. The Morgan fingerprint density at radius 3 is 2.63 bits per heavy atom. The van der Waals surface area contributed by atoms with Gasteiger partial charge in [-0.3, -0.25) is 4.79 Å². The number of carbonyl (C=O) groups is 1. The van der Waals surface area contributed by atoms with Crippen LogP contribution in [-0.2, 0) is 0 Å². The molecule has 174 valence electrons. The molecule has 0 bridgehead atoms. The minimum absolute atomic E-state index is 0.00202. The molecule has 9 heteroatoms. The summed E-state index contributed by atoms with van der Waals surface area (Å²) in [5.41, 5.74) is 3.14. The number of hydrogen-bond acceptors (Lipinski definition) is 8. The number of thiazole rings is 1. The molecule has 0 radical (unpaired) electrons. The maximum absolute atomic E-state index is 13.3. The summed E-state index contributed by atoms with van der Waals surface area (Å²) < 4.78 is 5.67. The normalized spacial score (nSPS) is 10.9. The predicted molar refractivity (Wildman–Crippen MR) is 135 cm³/mol. The molecule has 3 heterocycles. The minimum atomic E-state index is -0.400. The van der Waals surface area contributed by atoms with E-state index in [2.05, 4.69) is 25.3 Å². The highest BCUT2D eigenvalue weighted by Crippen LogP contribution is 2.34. The van der Waals surface area contributed by atoms with E-state index < -0.39 is 5.91 Å². The monoisotopic (exact) mass is 483 g/mol. The van der Waals surface area contributed by atoms with Gasteiger partial charge in [0.2, 0.25) is 5.88 Å². The number of nitrogens with zero attached hydrogens (tertiary/aromatic N) is 4. The second kappa shape index (κ2) is 10.4. The number of nitrogens with one attached hydrogen (secondary N) is 1. The summed E-state index contributed by atoms with van der Waals surface area (Å²) in [7, 11) is 0. The van der Waals surface area contributed by atoms with Crippen LogP contribution in [0.4, 0.5) is 5.69 Å². The van der Waals surface area contributed by atoms with Crippen molar-refractivity contribution < 1.29 is 14.6 Å². The number of anilines is 1. The number of ether oxygens (including phenoxy) is 1. The fraction of sp³-hybridized carbons (Fsp3) is 0.115. The van der Waals surface area contributed by atoms with Crippen LogP contribution in [0.5, 0.6) is 5.88 Å². The number of pyridine rings is 1. The van der Waals surface area contributed by atoms with Crippen LogP contribution in [-0.4, -0.2) is 44.2 Å². The number of amides is 1. The van der Waals surface area contributed by atoms with Gasteiger partial charge in [-0.05, 0) is 24.3 Å². The molecule has 0 aliphatic rings. The Bertz CT molecular complexity index is 1440. The lowest BCUT2D eigenvalue weighted by Crippen LogP contribution is -2.16. The summed E-state index contributed by atoms with van der Waals surface area (Å²) in [6.07, 6.45) is 2.19. The van der Waals surface area contributed by atoms with Crippen molar-refractivity contribution in [2.24, 2.45) is 0 Å². The Morgan fingerprint density at radius 1 is 0.971 bits per heavy atom. The van der Waals surface area contributed by atoms with Gasteiger partial charge in [-0.2, -0.15) is 4.98 Å². The van der Waals surface area contributed by atoms with Crippen LogP contribution in [0.3, 0.4) is 0 Å². The zero-order valence-electron chi connectivity index (χ0n) is 18.6. The highest BCUT2D eigenvalue weighted by molar-refractivity contribution is 7.21. The van der Waals surface area contributed by atoms with Gasteiger partial charge < -0.3 is 15.2 Å². The summed E-state index contributed by atoms with van der Waals surface area (Å²) in [6.45, 7) is 0.277. The van der Waals surface area contributed by atoms with E-state index >= 15 is 0 Å². The number of hydrogen-bond donors (Lipinski definition) is 2.